The van der Waals surface area contributed by atoms with Crippen LogP contribution in [0.4, 0.5) is 0 Å². The largest absolute Gasteiger partial charge is 0.507 e. The molecule has 0 aromatic heterocycles. The Morgan fingerprint density at radius 3 is 2.18 bits per heavy atom. The van der Waals surface area contributed by atoms with Crippen molar-refractivity contribution in [1.82, 2.24) is 4.31 Å². The summed E-state index contributed by atoms with van der Waals surface area (Å²) in [7, 11) is -4.02. The molecule has 88 valence electrons. The molecule has 6 nitrogen and oxygen atoms in total. The molecule has 0 bridgehead atoms. The highest BCUT2D eigenvalue weighted by atomic mass is 32.2. The first kappa shape index (κ1) is 13.0. The Hall–Kier alpha value is -2.09. The lowest BCUT2D eigenvalue weighted by molar-refractivity contribution is 0.444. The maximum atomic E-state index is 12.0. The number of phenols is 1. The topological polar surface area (TPSA) is 105 Å². The first-order valence-corrected chi connectivity index (χ1v) is 6.00. The molecule has 0 aliphatic carbocycles. The third-order valence-electron chi connectivity index (χ3n) is 1.98. The number of aromatic hydroxyl groups is 1. The predicted molar refractivity (Wildman–Crippen MR) is 58.1 cm³/mol. The van der Waals surface area contributed by atoms with Gasteiger partial charge >= 0.3 is 0 Å². The average Bonchev–Trinajstić information content (AvgIpc) is 2.29. The van der Waals surface area contributed by atoms with Gasteiger partial charge in [-0.05, 0) is 12.1 Å². The van der Waals surface area contributed by atoms with E-state index in [0.717, 1.165) is 0 Å². The molecule has 0 unspecified atom stereocenters. The quantitative estimate of drug-likeness (QED) is 0.781. The number of sulfonamides is 1. The van der Waals surface area contributed by atoms with Gasteiger partial charge in [-0.3, -0.25) is 0 Å². The van der Waals surface area contributed by atoms with Gasteiger partial charge in [0.1, 0.15) is 23.7 Å². The fraction of sp³-hybridized carbons (Fsp3) is 0.200. The summed E-state index contributed by atoms with van der Waals surface area (Å²) in [5, 5.41) is 26.5. The van der Waals surface area contributed by atoms with Crippen molar-refractivity contribution >= 4 is 10.0 Å². The number of benzene rings is 1. The Balaban J connectivity index is 3.23. The molecule has 0 aliphatic heterocycles. The average molecular weight is 251 g/mol. The zero-order chi connectivity index (χ0) is 12.9. The van der Waals surface area contributed by atoms with Crippen molar-refractivity contribution in [2.75, 3.05) is 13.1 Å². The van der Waals surface area contributed by atoms with Gasteiger partial charge in [-0.1, -0.05) is 12.1 Å². The molecular formula is C10H9N3O3S. The molecule has 0 atom stereocenters. The van der Waals surface area contributed by atoms with Crippen LogP contribution in [0, 0.1) is 22.7 Å². The van der Waals surface area contributed by atoms with E-state index in [1.165, 1.54) is 24.3 Å². The van der Waals surface area contributed by atoms with Crippen molar-refractivity contribution in [2.45, 2.75) is 4.90 Å². The normalized spacial score (nSPS) is 10.8. The van der Waals surface area contributed by atoms with Crippen molar-refractivity contribution in [3.8, 4) is 17.9 Å². The summed E-state index contributed by atoms with van der Waals surface area (Å²) < 4.78 is 24.7. The molecule has 17 heavy (non-hydrogen) atoms. The van der Waals surface area contributed by atoms with Crippen molar-refractivity contribution < 1.29 is 13.5 Å². The third-order valence-corrected chi connectivity index (χ3v) is 3.82. The summed E-state index contributed by atoms with van der Waals surface area (Å²) in [5.41, 5.74) is 0. The van der Waals surface area contributed by atoms with Crippen molar-refractivity contribution in [3.05, 3.63) is 24.3 Å². The zero-order valence-electron chi connectivity index (χ0n) is 8.74. The second kappa shape index (κ2) is 5.30. The van der Waals surface area contributed by atoms with Gasteiger partial charge in [-0.2, -0.15) is 14.8 Å². The van der Waals surface area contributed by atoms with Crippen LogP contribution in [0.15, 0.2) is 29.2 Å². The molecule has 1 N–H and O–H groups in total. The maximum Gasteiger partial charge on any atom is 0.248 e. The van der Waals surface area contributed by atoms with E-state index in [0.29, 0.717) is 4.31 Å². The molecule has 0 heterocycles. The lowest BCUT2D eigenvalue weighted by Gasteiger charge is -2.16. The van der Waals surface area contributed by atoms with E-state index in [-0.39, 0.29) is 4.90 Å². The van der Waals surface area contributed by atoms with E-state index in [1.807, 2.05) is 0 Å². The molecular weight excluding hydrogens is 242 g/mol. The van der Waals surface area contributed by atoms with Gasteiger partial charge in [0, 0.05) is 0 Å². The minimum absolute atomic E-state index is 0.314. The fourth-order valence-corrected chi connectivity index (χ4v) is 2.51. The molecule has 7 heteroatoms. The lowest BCUT2D eigenvalue weighted by atomic mass is 10.3. The molecule has 0 saturated carbocycles. The summed E-state index contributed by atoms with van der Waals surface area (Å²) in [5.74, 6) is -0.409. The Morgan fingerprint density at radius 1 is 1.18 bits per heavy atom. The maximum absolute atomic E-state index is 12.0. The number of hydrogen-bond donors (Lipinski definition) is 1. The Bertz CT molecular complexity index is 568. The van der Waals surface area contributed by atoms with Crippen LogP contribution in [0.25, 0.3) is 0 Å². The summed E-state index contributed by atoms with van der Waals surface area (Å²) >= 11 is 0. The Morgan fingerprint density at radius 2 is 1.71 bits per heavy atom. The van der Waals surface area contributed by atoms with E-state index in [9.17, 15) is 13.5 Å². The number of para-hydroxylation sites is 1. The smallest absolute Gasteiger partial charge is 0.248 e. The molecule has 0 aliphatic rings. The van der Waals surface area contributed by atoms with Crippen LogP contribution in [-0.4, -0.2) is 30.9 Å². The lowest BCUT2D eigenvalue weighted by Crippen LogP contribution is -2.31. The molecule has 0 fully saturated rings. The predicted octanol–water partition coefficient (Wildman–Crippen LogP) is 0.430. The standard InChI is InChI=1S/C10H9N3O3S/c11-5-7-13(8-6-12)17(15,16)10-4-2-1-3-9(10)14/h1-4,14H,7-8H2. The molecule has 1 aromatic rings. The highest BCUT2D eigenvalue weighted by Crippen LogP contribution is 2.24. The van der Waals surface area contributed by atoms with Crippen LogP contribution in [0.1, 0.15) is 0 Å². The summed E-state index contributed by atoms with van der Waals surface area (Å²) in [4.78, 5) is -0.314. The van der Waals surface area contributed by atoms with Crippen LogP contribution < -0.4 is 0 Å². The van der Waals surface area contributed by atoms with Gasteiger partial charge in [0.25, 0.3) is 0 Å². The van der Waals surface area contributed by atoms with Crippen LogP contribution in [0.2, 0.25) is 0 Å². The monoisotopic (exact) mass is 251 g/mol. The van der Waals surface area contributed by atoms with Crippen molar-refractivity contribution in [3.63, 3.8) is 0 Å². The van der Waals surface area contributed by atoms with Crippen LogP contribution in [-0.2, 0) is 10.0 Å². The van der Waals surface area contributed by atoms with Gasteiger partial charge in [0.2, 0.25) is 10.0 Å². The summed E-state index contributed by atoms with van der Waals surface area (Å²) in [6.07, 6.45) is 0. The van der Waals surface area contributed by atoms with Crippen molar-refractivity contribution in [2.24, 2.45) is 0 Å². The SMILES string of the molecule is N#CCN(CC#N)S(=O)(=O)c1ccccc1O. The minimum atomic E-state index is -4.02. The van der Waals surface area contributed by atoms with Gasteiger partial charge < -0.3 is 5.11 Å². The third kappa shape index (κ3) is 2.72. The molecule has 0 radical (unpaired) electrons. The van der Waals surface area contributed by atoms with Gasteiger partial charge in [-0.25, -0.2) is 8.42 Å². The van der Waals surface area contributed by atoms with E-state index in [1.54, 1.807) is 12.1 Å². The molecule has 0 saturated heterocycles. The number of hydrogen-bond acceptors (Lipinski definition) is 5. The molecule has 1 rings (SSSR count). The van der Waals surface area contributed by atoms with E-state index in [2.05, 4.69) is 0 Å². The van der Waals surface area contributed by atoms with E-state index in [4.69, 9.17) is 10.5 Å². The summed E-state index contributed by atoms with van der Waals surface area (Å²) in [6.45, 7) is -0.881. The molecule has 1 aromatic carbocycles. The highest BCUT2D eigenvalue weighted by molar-refractivity contribution is 7.89. The van der Waals surface area contributed by atoms with Crippen molar-refractivity contribution in [1.29, 1.82) is 10.5 Å². The van der Waals surface area contributed by atoms with Crippen LogP contribution in [0.5, 0.6) is 5.75 Å². The second-order valence-corrected chi connectivity index (χ2v) is 4.96. The minimum Gasteiger partial charge on any atom is -0.507 e. The highest BCUT2D eigenvalue weighted by Gasteiger charge is 2.26. The van der Waals surface area contributed by atoms with E-state index >= 15 is 0 Å². The second-order valence-electron chi connectivity index (χ2n) is 3.06. The Labute approximate surface area is 99.0 Å². The number of phenolic OH excluding ortho intramolecular Hbond substituents is 1. The van der Waals surface area contributed by atoms with Gasteiger partial charge in [0.15, 0.2) is 0 Å². The molecule has 0 spiro atoms. The number of nitriles is 2. The first-order chi connectivity index (χ1) is 8.04. The fourth-order valence-electron chi connectivity index (χ4n) is 1.20. The van der Waals surface area contributed by atoms with Crippen LogP contribution >= 0.6 is 0 Å². The molecule has 0 amide bonds. The zero-order valence-corrected chi connectivity index (χ0v) is 9.55. The Kier molecular flexibility index (Phi) is 4.05. The number of nitrogens with zero attached hydrogens (tertiary/aromatic N) is 3. The van der Waals surface area contributed by atoms with Gasteiger partial charge in [-0.15, -0.1) is 0 Å². The van der Waals surface area contributed by atoms with Gasteiger partial charge in [0.05, 0.1) is 12.1 Å². The summed E-state index contributed by atoms with van der Waals surface area (Å²) in [6, 6.07) is 8.69. The first-order valence-electron chi connectivity index (χ1n) is 4.56. The number of rotatable bonds is 4. The van der Waals surface area contributed by atoms with E-state index < -0.39 is 28.9 Å². The van der Waals surface area contributed by atoms with Crippen LogP contribution in [0.3, 0.4) is 0 Å².